The summed E-state index contributed by atoms with van der Waals surface area (Å²) in [6.45, 7) is 4.66. The number of hydrogen-bond donors (Lipinski definition) is 1. The molecule has 1 N–H and O–H groups in total. The van der Waals surface area contributed by atoms with Crippen molar-refractivity contribution in [3.63, 3.8) is 0 Å². The second-order valence-corrected chi connectivity index (χ2v) is 7.70. The third-order valence-electron chi connectivity index (χ3n) is 4.71. The molecule has 0 aliphatic rings. The Balaban J connectivity index is 2.03. The maximum absolute atomic E-state index is 12.7. The van der Waals surface area contributed by atoms with Crippen molar-refractivity contribution in [2.45, 2.75) is 32.7 Å². The minimum atomic E-state index is -0.0817. The Kier molecular flexibility index (Phi) is 6.75. The van der Waals surface area contributed by atoms with Gasteiger partial charge in [0.15, 0.2) is 0 Å². The summed E-state index contributed by atoms with van der Waals surface area (Å²) in [5.41, 5.74) is 1.62. The molecule has 3 rings (SSSR count). The third-order valence-corrected chi connectivity index (χ3v) is 4.96. The molecule has 0 radical (unpaired) electrons. The second kappa shape index (κ2) is 9.26. The number of rotatable bonds is 9. The van der Waals surface area contributed by atoms with Crippen LogP contribution < -0.4 is 10.9 Å². The van der Waals surface area contributed by atoms with Crippen molar-refractivity contribution in [2.75, 3.05) is 32.5 Å². The van der Waals surface area contributed by atoms with E-state index in [1.165, 1.54) is 0 Å². The number of fused-ring (bicyclic) bond motifs is 1. The van der Waals surface area contributed by atoms with Crippen LogP contribution in [0.15, 0.2) is 41.3 Å². The van der Waals surface area contributed by atoms with Gasteiger partial charge in [0.05, 0.1) is 5.69 Å². The molecule has 0 spiro atoms. The van der Waals surface area contributed by atoms with Crippen molar-refractivity contribution in [2.24, 2.45) is 0 Å². The SMILES string of the molecule is CCCCCn1c(NCCN(C)C)cc(=O)n2cc(-c3ccc(Cl)cc3)nc12. The molecule has 28 heavy (non-hydrogen) atoms. The summed E-state index contributed by atoms with van der Waals surface area (Å²) in [7, 11) is 4.07. The monoisotopic (exact) mass is 401 g/mol. The van der Waals surface area contributed by atoms with Crippen molar-refractivity contribution in [1.29, 1.82) is 0 Å². The van der Waals surface area contributed by atoms with E-state index in [-0.39, 0.29) is 5.56 Å². The Bertz CT molecular complexity index is 975. The molecule has 2 aromatic heterocycles. The molecular formula is C21H28ClN5O. The first-order valence-corrected chi connectivity index (χ1v) is 10.1. The highest BCUT2D eigenvalue weighted by Crippen LogP contribution is 2.22. The van der Waals surface area contributed by atoms with Gasteiger partial charge in [0.2, 0.25) is 5.78 Å². The number of benzene rings is 1. The lowest BCUT2D eigenvalue weighted by atomic mass is 10.2. The van der Waals surface area contributed by atoms with E-state index >= 15 is 0 Å². The Morgan fingerprint density at radius 2 is 1.93 bits per heavy atom. The van der Waals surface area contributed by atoms with Gasteiger partial charge in [-0.3, -0.25) is 13.8 Å². The molecule has 0 fully saturated rings. The Labute approximate surface area is 170 Å². The predicted octanol–water partition coefficient (Wildman–Crippen LogP) is 3.98. The molecule has 0 atom stereocenters. The third kappa shape index (κ3) is 4.75. The molecule has 0 bridgehead atoms. The highest BCUT2D eigenvalue weighted by molar-refractivity contribution is 6.30. The van der Waals surface area contributed by atoms with E-state index in [1.54, 1.807) is 16.7 Å². The summed E-state index contributed by atoms with van der Waals surface area (Å²) in [5.74, 6) is 1.49. The van der Waals surface area contributed by atoms with E-state index in [9.17, 15) is 4.79 Å². The van der Waals surface area contributed by atoms with Crippen LogP contribution >= 0.6 is 11.6 Å². The topological polar surface area (TPSA) is 54.6 Å². The van der Waals surface area contributed by atoms with Crippen molar-refractivity contribution in [3.05, 3.63) is 51.9 Å². The molecule has 150 valence electrons. The molecular weight excluding hydrogens is 374 g/mol. The van der Waals surface area contributed by atoms with E-state index in [2.05, 4.69) is 21.7 Å². The molecule has 0 aliphatic carbocycles. The number of nitrogens with one attached hydrogen (secondary N) is 1. The quantitative estimate of drug-likeness (QED) is 0.551. The molecule has 0 unspecified atom stereocenters. The highest BCUT2D eigenvalue weighted by Gasteiger charge is 2.13. The van der Waals surface area contributed by atoms with E-state index in [1.807, 2.05) is 38.4 Å². The standard InChI is InChI=1S/C21H28ClN5O/c1-4-5-6-12-26-19(23-11-13-25(2)3)14-20(28)27-15-18(24-21(26)27)16-7-9-17(22)10-8-16/h7-10,14-15,23H,4-6,11-13H2,1-3H3. The first kappa shape index (κ1) is 20.4. The summed E-state index contributed by atoms with van der Waals surface area (Å²) in [5, 5.41) is 4.09. The van der Waals surface area contributed by atoms with Crippen LogP contribution in [-0.4, -0.2) is 46.0 Å². The molecule has 6 nitrogen and oxygen atoms in total. The number of halogens is 1. The molecule has 3 aromatic rings. The number of imidazole rings is 1. The zero-order valence-corrected chi connectivity index (χ0v) is 17.5. The fourth-order valence-corrected chi connectivity index (χ4v) is 3.28. The number of anilines is 1. The van der Waals surface area contributed by atoms with Crippen molar-refractivity contribution in [3.8, 4) is 11.3 Å². The molecule has 0 amide bonds. The molecule has 0 aliphatic heterocycles. The predicted molar refractivity (Wildman–Crippen MR) is 116 cm³/mol. The molecule has 0 saturated carbocycles. The van der Waals surface area contributed by atoms with E-state index in [4.69, 9.17) is 16.6 Å². The average molecular weight is 402 g/mol. The lowest BCUT2D eigenvalue weighted by Gasteiger charge is -2.17. The Morgan fingerprint density at radius 1 is 1.18 bits per heavy atom. The van der Waals surface area contributed by atoms with Gasteiger partial charge in [-0.2, -0.15) is 0 Å². The van der Waals surface area contributed by atoms with Crippen LogP contribution in [0.1, 0.15) is 26.2 Å². The number of hydrogen-bond acceptors (Lipinski definition) is 4. The molecule has 0 saturated heterocycles. The molecule has 2 heterocycles. The second-order valence-electron chi connectivity index (χ2n) is 7.26. The number of likely N-dealkylation sites (N-methyl/N-ethyl adjacent to an activating group) is 1. The maximum atomic E-state index is 12.7. The smallest absolute Gasteiger partial charge is 0.261 e. The van der Waals surface area contributed by atoms with E-state index < -0.39 is 0 Å². The fourth-order valence-electron chi connectivity index (χ4n) is 3.15. The van der Waals surface area contributed by atoms with Gasteiger partial charge < -0.3 is 10.2 Å². The zero-order valence-electron chi connectivity index (χ0n) is 16.8. The summed E-state index contributed by atoms with van der Waals surface area (Å²) in [6, 6.07) is 9.19. The fraction of sp³-hybridized carbons (Fsp3) is 0.429. The van der Waals surface area contributed by atoms with Crippen LogP contribution in [0.5, 0.6) is 0 Å². The first-order chi connectivity index (χ1) is 13.5. The van der Waals surface area contributed by atoms with E-state index in [0.29, 0.717) is 10.8 Å². The zero-order chi connectivity index (χ0) is 20.1. The number of aromatic nitrogens is 3. The maximum Gasteiger partial charge on any atom is 0.261 e. The van der Waals surface area contributed by atoms with Crippen LogP contribution in [0.4, 0.5) is 5.82 Å². The van der Waals surface area contributed by atoms with Gasteiger partial charge in [0, 0.05) is 42.5 Å². The van der Waals surface area contributed by atoms with Gasteiger partial charge in [-0.05, 0) is 32.6 Å². The average Bonchev–Trinajstić information content (AvgIpc) is 3.10. The van der Waals surface area contributed by atoms with Crippen molar-refractivity contribution < 1.29 is 0 Å². The minimum absolute atomic E-state index is 0.0817. The van der Waals surface area contributed by atoms with Gasteiger partial charge in [0.25, 0.3) is 5.56 Å². The van der Waals surface area contributed by atoms with Crippen LogP contribution in [0.25, 0.3) is 17.0 Å². The van der Waals surface area contributed by atoms with Crippen LogP contribution in [-0.2, 0) is 6.54 Å². The lowest BCUT2D eigenvalue weighted by Crippen LogP contribution is -2.25. The summed E-state index contributed by atoms with van der Waals surface area (Å²) >= 11 is 6.00. The van der Waals surface area contributed by atoms with Gasteiger partial charge in [-0.25, -0.2) is 4.98 Å². The normalized spacial score (nSPS) is 11.5. The first-order valence-electron chi connectivity index (χ1n) is 9.77. The van der Waals surface area contributed by atoms with Crippen LogP contribution in [0, 0.1) is 0 Å². The van der Waals surface area contributed by atoms with Crippen molar-refractivity contribution in [1.82, 2.24) is 18.9 Å². The van der Waals surface area contributed by atoms with Crippen LogP contribution in [0.3, 0.4) is 0 Å². The van der Waals surface area contributed by atoms with Crippen molar-refractivity contribution >= 4 is 23.2 Å². The summed E-state index contributed by atoms with van der Waals surface area (Å²) in [6.07, 6.45) is 5.13. The molecule has 7 heteroatoms. The number of aryl methyl sites for hydroxylation is 1. The molecule has 1 aromatic carbocycles. The van der Waals surface area contributed by atoms with E-state index in [0.717, 1.165) is 56.0 Å². The van der Waals surface area contributed by atoms with Crippen LogP contribution in [0.2, 0.25) is 5.02 Å². The summed E-state index contributed by atoms with van der Waals surface area (Å²) < 4.78 is 3.75. The number of unbranched alkanes of at least 4 members (excludes halogenated alkanes) is 2. The number of nitrogens with zero attached hydrogens (tertiary/aromatic N) is 4. The van der Waals surface area contributed by atoms with Gasteiger partial charge in [0.1, 0.15) is 5.82 Å². The highest BCUT2D eigenvalue weighted by atomic mass is 35.5. The Hall–Kier alpha value is -2.31. The van der Waals surface area contributed by atoms with Gasteiger partial charge in [-0.1, -0.05) is 43.5 Å². The lowest BCUT2D eigenvalue weighted by molar-refractivity contribution is 0.424. The van der Waals surface area contributed by atoms with Gasteiger partial charge >= 0.3 is 0 Å². The largest absolute Gasteiger partial charge is 0.370 e. The van der Waals surface area contributed by atoms with Gasteiger partial charge in [-0.15, -0.1) is 0 Å². The Morgan fingerprint density at radius 3 is 2.61 bits per heavy atom. The minimum Gasteiger partial charge on any atom is -0.370 e. The summed E-state index contributed by atoms with van der Waals surface area (Å²) in [4.78, 5) is 19.6.